The maximum Gasteiger partial charge on any atom is 0.248 e. The van der Waals surface area contributed by atoms with E-state index < -0.39 is 0 Å². The van der Waals surface area contributed by atoms with Gasteiger partial charge in [-0.3, -0.25) is 9.69 Å². The number of carbonyl (C=O) groups excluding carboxylic acids is 1. The second-order valence-electron chi connectivity index (χ2n) is 4.88. The lowest BCUT2D eigenvalue weighted by molar-refractivity contribution is 0.1000. The summed E-state index contributed by atoms with van der Waals surface area (Å²) in [7, 11) is 0. The van der Waals surface area contributed by atoms with Gasteiger partial charge in [0.05, 0.1) is 0 Å². The smallest absolute Gasteiger partial charge is 0.248 e. The number of primary amides is 1. The first-order chi connectivity index (χ1) is 8.16. The number of amides is 1. The van der Waals surface area contributed by atoms with E-state index in [1.165, 1.54) is 31.4 Å². The third kappa shape index (κ3) is 3.07. The molecule has 0 spiro atoms. The number of piperidine rings is 1. The number of carbonyl (C=O) groups is 1. The van der Waals surface area contributed by atoms with Crippen LogP contribution in [0.1, 0.15) is 42.1 Å². The molecular weight excluding hydrogens is 212 g/mol. The van der Waals surface area contributed by atoms with Crippen LogP contribution in [0, 0.1) is 0 Å². The van der Waals surface area contributed by atoms with E-state index in [9.17, 15) is 4.79 Å². The van der Waals surface area contributed by atoms with Crippen LogP contribution >= 0.6 is 0 Å². The van der Waals surface area contributed by atoms with Crippen LogP contribution in [-0.2, 0) is 6.54 Å². The minimum atomic E-state index is -0.358. The zero-order chi connectivity index (χ0) is 12.3. The van der Waals surface area contributed by atoms with Crippen LogP contribution in [0.3, 0.4) is 0 Å². The topological polar surface area (TPSA) is 46.3 Å². The summed E-state index contributed by atoms with van der Waals surface area (Å²) >= 11 is 0. The summed E-state index contributed by atoms with van der Waals surface area (Å²) in [5, 5.41) is 0. The van der Waals surface area contributed by atoms with Gasteiger partial charge >= 0.3 is 0 Å². The monoisotopic (exact) mass is 232 g/mol. The number of likely N-dealkylation sites (tertiary alicyclic amines) is 1. The zero-order valence-corrected chi connectivity index (χ0v) is 10.4. The van der Waals surface area contributed by atoms with Gasteiger partial charge in [0, 0.05) is 18.2 Å². The van der Waals surface area contributed by atoms with E-state index in [1.807, 2.05) is 24.3 Å². The van der Waals surface area contributed by atoms with Crippen molar-refractivity contribution in [1.29, 1.82) is 0 Å². The highest BCUT2D eigenvalue weighted by molar-refractivity contribution is 5.92. The van der Waals surface area contributed by atoms with Gasteiger partial charge in [-0.1, -0.05) is 18.6 Å². The molecule has 1 aliphatic heterocycles. The SMILES string of the molecule is CC1CCCCN1Cc1ccc(C(N)=O)cc1. The molecule has 1 aromatic carbocycles. The Kier molecular flexibility index (Phi) is 3.79. The van der Waals surface area contributed by atoms with Crippen molar-refractivity contribution in [1.82, 2.24) is 4.90 Å². The van der Waals surface area contributed by atoms with Crippen molar-refractivity contribution in [2.75, 3.05) is 6.54 Å². The van der Waals surface area contributed by atoms with Gasteiger partial charge in [-0.25, -0.2) is 0 Å². The van der Waals surface area contributed by atoms with Crippen LogP contribution in [-0.4, -0.2) is 23.4 Å². The van der Waals surface area contributed by atoms with Crippen molar-refractivity contribution in [3.05, 3.63) is 35.4 Å². The average Bonchev–Trinajstić information content (AvgIpc) is 2.33. The zero-order valence-electron chi connectivity index (χ0n) is 10.4. The molecule has 0 aliphatic carbocycles. The highest BCUT2D eigenvalue weighted by Crippen LogP contribution is 2.19. The van der Waals surface area contributed by atoms with E-state index in [1.54, 1.807) is 0 Å². The van der Waals surface area contributed by atoms with Gasteiger partial charge in [0.25, 0.3) is 0 Å². The number of nitrogens with zero attached hydrogens (tertiary/aromatic N) is 1. The molecule has 2 rings (SSSR count). The van der Waals surface area contributed by atoms with Crippen molar-refractivity contribution in [3.63, 3.8) is 0 Å². The van der Waals surface area contributed by atoms with Gasteiger partial charge in [-0.05, 0) is 44.0 Å². The number of rotatable bonds is 3. The second-order valence-corrected chi connectivity index (χ2v) is 4.88. The summed E-state index contributed by atoms with van der Waals surface area (Å²) in [6.45, 7) is 4.44. The molecule has 0 bridgehead atoms. The molecule has 0 radical (unpaired) electrons. The predicted molar refractivity (Wildman–Crippen MR) is 68.7 cm³/mol. The first kappa shape index (κ1) is 12.1. The second kappa shape index (κ2) is 5.32. The molecule has 1 aliphatic rings. The Labute approximate surface area is 103 Å². The number of hydrogen-bond acceptors (Lipinski definition) is 2. The molecule has 1 aromatic rings. The average molecular weight is 232 g/mol. The summed E-state index contributed by atoms with van der Waals surface area (Å²) in [6.07, 6.45) is 3.93. The Morgan fingerprint density at radius 1 is 1.35 bits per heavy atom. The van der Waals surface area contributed by atoms with Crippen LogP contribution in [0.2, 0.25) is 0 Å². The summed E-state index contributed by atoms with van der Waals surface area (Å²) in [6, 6.07) is 8.29. The fourth-order valence-electron chi connectivity index (χ4n) is 2.40. The predicted octanol–water partition coefficient (Wildman–Crippen LogP) is 2.16. The van der Waals surface area contributed by atoms with Crippen LogP contribution in [0.5, 0.6) is 0 Å². The van der Waals surface area contributed by atoms with E-state index in [-0.39, 0.29) is 5.91 Å². The first-order valence-electron chi connectivity index (χ1n) is 6.29. The van der Waals surface area contributed by atoms with Crippen LogP contribution in [0.15, 0.2) is 24.3 Å². The highest BCUT2D eigenvalue weighted by atomic mass is 16.1. The Hall–Kier alpha value is -1.35. The van der Waals surface area contributed by atoms with Crippen LogP contribution < -0.4 is 5.73 Å². The van der Waals surface area contributed by atoms with Crippen molar-refractivity contribution in [2.24, 2.45) is 5.73 Å². The third-order valence-corrected chi connectivity index (χ3v) is 3.56. The molecule has 1 atom stereocenters. The Morgan fingerprint density at radius 3 is 2.65 bits per heavy atom. The highest BCUT2D eigenvalue weighted by Gasteiger charge is 2.17. The Bertz CT molecular complexity index is 386. The molecule has 0 aromatic heterocycles. The van der Waals surface area contributed by atoms with Crippen molar-refractivity contribution in [3.8, 4) is 0 Å². The molecule has 2 N–H and O–H groups in total. The van der Waals surface area contributed by atoms with E-state index in [0.717, 1.165) is 6.54 Å². The lowest BCUT2D eigenvalue weighted by atomic mass is 10.0. The van der Waals surface area contributed by atoms with Gasteiger partial charge in [0.2, 0.25) is 5.91 Å². The summed E-state index contributed by atoms with van der Waals surface area (Å²) < 4.78 is 0. The largest absolute Gasteiger partial charge is 0.366 e. The molecule has 0 saturated carbocycles. The first-order valence-corrected chi connectivity index (χ1v) is 6.29. The van der Waals surface area contributed by atoms with Gasteiger partial charge in [-0.15, -0.1) is 0 Å². The molecule has 92 valence electrons. The quantitative estimate of drug-likeness (QED) is 0.868. The Balaban J connectivity index is 2.00. The van der Waals surface area contributed by atoms with E-state index in [0.29, 0.717) is 11.6 Å². The number of nitrogens with two attached hydrogens (primary N) is 1. The van der Waals surface area contributed by atoms with Gasteiger partial charge in [0.15, 0.2) is 0 Å². The number of hydrogen-bond donors (Lipinski definition) is 1. The lowest BCUT2D eigenvalue weighted by Crippen LogP contribution is -2.36. The van der Waals surface area contributed by atoms with Crippen LogP contribution in [0.4, 0.5) is 0 Å². The molecule has 3 nitrogen and oxygen atoms in total. The van der Waals surface area contributed by atoms with Crippen LogP contribution in [0.25, 0.3) is 0 Å². The standard InChI is InChI=1S/C14H20N2O/c1-11-4-2-3-9-16(11)10-12-5-7-13(8-6-12)14(15)17/h5-8,11H,2-4,9-10H2,1H3,(H2,15,17). The van der Waals surface area contributed by atoms with Crippen molar-refractivity contribution >= 4 is 5.91 Å². The Morgan fingerprint density at radius 2 is 2.06 bits per heavy atom. The van der Waals surface area contributed by atoms with Crippen molar-refractivity contribution in [2.45, 2.75) is 38.8 Å². The van der Waals surface area contributed by atoms with Crippen molar-refractivity contribution < 1.29 is 4.79 Å². The van der Waals surface area contributed by atoms with E-state index >= 15 is 0 Å². The maximum absolute atomic E-state index is 11.0. The molecule has 1 heterocycles. The maximum atomic E-state index is 11.0. The normalized spacial score (nSPS) is 21.4. The molecule has 1 amide bonds. The number of benzene rings is 1. The minimum Gasteiger partial charge on any atom is -0.366 e. The van der Waals surface area contributed by atoms with E-state index in [4.69, 9.17) is 5.73 Å². The molecule has 17 heavy (non-hydrogen) atoms. The summed E-state index contributed by atoms with van der Waals surface area (Å²) in [5.41, 5.74) is 7.06. The minimum absolute atomic E-state index is 0.358. The molecule has 1 saturated heterocycles. The fraction of sp³-hybridized carbons (Fsp3) is 0.500. The van der Waals surface area contributed by atoms with Gasteiger partial charge < -0.3 is 5.73 Å². The summed E-state index contributed by atoms with van der Waals surface area (Å²) in [5.74, 6) is -0.358. The third-order valence-electron chi connectivity index (χ3n) is 3.56. The summed E-state index contributed by atoms with van der Waals surface area (Å²) in [4.78, 5) is 13.5. The lowest BCUT2D eigenvalue weighted by Gasteiger charge is -2.33. The fourth-order valence-corrected chi connectivity index (χ4v) is 2.40. The van der Waals surface area contributed by atoms with Gasteiger partial charge in [-0.2, -0.15) is 0 Å². The molecule has 1 unspecified atom stereocenters. The van der Waals surface area contributed by atoms with Gasteiger partial charge in [0.1, 0.15) is 0 Å². The molecular formula is C14H20N2O. The molecule has 1 fully saturated rings. The molecule has 3 heteroatoms. The van der Waals surface area contributed by atoms with E-state index in [2.05, 4.69) is 11.8 Å².